The van der Waals surface area contributed by atoms with Gasteiger partial charge in [0.2, 0.25) is 5.91 Å². The van der Waals surface area contributed by atoms with Gasteiger partial charge < -0.3 is 15.8 Å². The summed E-state index contributed by atoms with van der Waals surface area (Å²) in [5, 5.41) is 2.77. The third-order valence-electron chi connectivity index (χ3n) is 2.87. The monoisotopic (exact) mass is 294 g/mol. The maximum Gasteiger partial charge on any atom is 0.250 e. The van der Waals surface area contributed by atoms with E-state index in [0.29, 0.717) is 23.2 Å². The number of thiocarbonyl (C=S) groups is 1. The first-order valence-electron chi connectivity index (χ1n) is 6.80. The van der Waals surface area contributed by atoms with Crippen LogP contribution in [0.1, 0.15) is 32.3 Å². The van der Waals surface area contributed by atoms with Gasteiger partial charge in [-0.2, -0.15) is 0 Å². The van der Waals surface area contributed by atoms with Crippen molar-refractivity contribution < 1.29 is 9.53 Å². The van der Waals surface area contributed by atoms with Gasteiger partial charge in [0.25, 0.3) is 0 Å². The minimum atomic E-state index is -0.156. The van der Waals surface area contributed by atoms with E-state index in [4.69, 9.17) is 22.7 Å². The molecule has 0 saturated carbocycles. The van der Waals surface area contributed by atoms with Gasteiger partial charge in [0.15, 0.2) is 0 Å². The third-order valence-corrected chi connectivity index (χ3v) is 3.11. The predicted octanol–water partition coefficient (Wildman–Crippen LogP) is 2.71. The molecule has 0 aliphatic heterocycles. The standard InChI is InChI=1S/C15H22N2O2S/c1-3-4-11(2)9-19-10-14(18)17-13-7-5-12(6-8-13)15(16)20/h5-8,11H,3-4,9-10H2,1-2H3,(H2,16,20)(H,17,18). The molecule has 0 radical (unpaired) electrons. The average molecular weight is 294 g/mol. The first-order chi connectivity index (χ1) is 9.52. The molecule has 0 aliphatic carbocycles. The number of hydrogen-bond acceptors (Lipinski definition) is 3. The van der Waals surface area contributed by atoms with E-state index in [2.05, 4.69) is 19.2 Å². The Bertz CT molecular complexity index is 446. The van der Waals surface area contributed by atoms with Crippen molar-refractivity contribution in [3.8, 4) is 0 Å². The summed E-state index contributed by atoms with van der Waals surface area (Å²) in [5.74, 6) is 0.328. The highest BCUT2D eigenvalue weighted by Crippen LogP contribution is 2.10. The van der Waals surface area contributed by atoms with Crippen LogP contribution in [0.2, 0.25) is 0 Å². The van der Waals surface area contributed by atoms with E-state index < -0.39 is 0 Å². The fraction of sp³-hybridized carbons (Fsp3) is 0.467. The Morgan fingerprint density at radius 3 is 2.60 bits per heavy atom. The SMILES string of the molecule is CCCC(C)COCC(=O)Nc1ccc(C(N)=S)cc1. The van der Waals surface area contributed by atoms with Crippen LogP contribution < -0.4 is 11.1 Å². The minimum absolute atomic E-state index is 0.0745. The smallest absolute Gasteiger partial charge is 0.250 e. The lowest BCUT2D eigenvalue weighted by Gasteiger charge is -2.11. The number of rotatable bonds is 8. The van der Waals surface area contributed by atoms with Crippen LogP contribution in [-0.4, -0.2) is 24.1 Å². The average Bonchev–Trinajstić information content (AvgIpc) is 2.39. The molecule has 20 heavy (non-hydrogen) atoms. The van der Waals surface area contributed by atoms with Crippen LogP contribution in [-0.2, 0) is 9.53 Å². The van der Waals surface area contributed by atoms with E-state index in [-0.39, 0.29) is 12.5 Å². The molecule has 0 spiro atoms. The van der Waals surface area contributed by atoms with E-state index in [1.165, 1.54) is 0 Å². The van der Waals surface area contributed by atoms with Gasteiger partial charge in [-0.3, -0.25) is 4.79 Å². The van der Waals surface area contributed by atoms with Crippen molar-refractivity contribution >= 4 is 28.8 Å². The highest BCUT2D eigenvalue weighted by atomic mass is 32.1. The van der Waals surface area contributed by atoms with Crippen molar-refractivity contribution in [2.45, 2.75) is 26.7 Å². The minimum Gasteiger partial charge on any atom is -0.389 e. The second kappa shape index (κ2) is 8.66. The normalized spacial score (nSPS) is 11.9. The van der Waals surface area contributed by atoms with Gasteiger partial charge in [-0.1, -0.05) is 32.5 Å². The Hall–Kier alpha value is -1.46. The van der Waals surface area contributed by atoms with E-state index in [1.807, 2.05) is 0 Å². The Labute approximate surface area is 125 Å². The van der Waals surface area contributed by atoms with Gasteiger partial charge in [0, 0.05) is 17.9 Å². The number of nitrogens with one attached hydrogen (secondary N) is 1. The summed E-state index contributed by atoms with van der Waals surface area (Å²) in [6.07, 6.45) is 2.24. The Morgan fingerprint density at radius 1 is 1.40 bits per heavy atom. The summed E-state index contributed by atoms with van der Waals surface area (Å²) in [6, 6.07) is 7.10. The van der Waals surface area contributed by atoms with Crippen LogP contribution in [0.4, 0.5) is 5.69 Å². The number of ether oxygens (including phenoxy) is 1. The summed E-state index contributed by atoms with van der Waals surface area (Å²) in [7, 11) is 0. The summed E-state index contributed by atoms with van der Waals surface area (Å²) in [6.45, 7) is 4.95. The summed E-state index contributed by atoms with van der Waals surface area (Å²) in [5.41, 5.74) is 7.00. The molecule has 3 N–H and O–H groups in total. The zero-order valence-electron chi connectivity index (χ0n) is 12.0. The highest BCUT2D eigenvalue weighted by molar-refractivity contribution is 7.80. The van der Waals surface area contributed by atoms with Gasteiger partial charge in [-0.25, -0.2) is 0 Å². The van der Waals surface area contributed by atoms with Gasteiger partial charge >= 0.3 is 0 Å². The summed E-state index contributed by atoms with van der Waals surface area (Å²) >= 11 is 4.87. The number of hydrogen-bond donors (Lipinski definition) is 2. The first-order valence-corrected chi connectivity index (χ1v) is 7.21. The largest absolute Gasteiger partial charge is 0.389 e. The molecule has 0 bridgehead atoms. The van der Waals surface area contributed by atoms with Crippen molar-refractivity contribution in [3.05, 3.63) is 29.8 Å². The van der Waals surface area contributed by atoms with Crippen molar-refractivity contribution in [3.63, 3.8) is 0 Å². The topological polar surface area (TPSA) is 64.3 Å². The lowest BCUT2D eigenvalue weighted by molar-refractivity contribution is -0.121. The Balaban J connectivity index is 2.33. The molecule has 0 aliphatic rings. The first kappa shape index (κ1) is 16.6. The molecule has 110 valence electrons. The molecule has 0 fully saturated rings. The fourth-order valence-corrected chi connectivity index (χ4v) is 1.98. The molecule has 0 saturated heterocycles. The van der Waals surface area contributed by atoms with E-state index in [1.54, 1.807) is 24.3 Å². The van der Waals surface area contributed by atoms with E-state index in [0.717, 1.165) is 18.4 Å². The number of carbonyl (C=O) groups excluding carboxylic acids is 1. The Kier molecular flexibility index (Phi) is 7.18. The molecule has 5 heteroatoms. The van der Waals surface area contributed by atoms with Gasteiger partial charge in [0.1, 0.15) is 11.6 Å². The molecular formula is C15H22N2O2S. The lowest BCUT2D eigenvalue weighted by atomic mass is 10.1. The second-order valence-corrected chi connectivity index (χ2v) is 5.34. The number of anilines is 1. The van der Waals surface area contributed by atoms with Gasteiger partial charge in [0.05, 0.1) is 0 Å². The zero-order chi connectivity index (χ0) is 15.0. The van der Waals surface area contributed by atoms with Gasteiger partial charge in [-0.15, -0.1) is 0 Å². The van der Waals surface area contributed by atoms with Gasteiger partial charge in [-0.05, 0) is 36.6 Å². The second-order valence-electron chi connectivity index (χ2n) is 4.90. The maximum absolute atomic E-state index is 11.7. The molecule has 1 unspecified atom stereocenters. The number of benzene rings is 1. The molecular weight excluding hydrogens is 272 g/mol. The van der Waals surface area contributed by atoms with Crippen LogP contribution in [0.5, 0.6) is 0 Å². The van der Waals surface area contributed by atoms with Crippen molar-refractivity contribution in [1.29, 1.82) is 0 Å². The quantitative estimate of drug-likeness (QED) is 0.724. The predicted molar refractivity (Wildman–Crippen MR) is 85.9 cm³/mol. The van der Waals surface area contributed by atoms with Crippen molar-refractivity contribution in [1.82, 2.24) is 0 Å². The molecule has 0 heterocycles. The van der Waals surface area contributed by atoms with Crippen molar-refractivity contribution in [2.75, 3.05) is 18.5 Å². The molecule has 1 atom stereocenters. The van der Waals surface area contributed by atoms with Crippen molar-refractivity contribution in [2.24, 2.45) is 11.7 Å². The van der Waals surface area contributed by atoms with Crippen LogP contribution in [0, 0.1) is 5.92 Å². The fourth-order valence-electron chi connectivity index (χ4n) is 1.84. The Morgan fingerprint density at radius 2 is 2.05 bits per heavy atom. The molecule has 4 nitrogen and oxygen atoms in total. The molecule has 0 aromatic heterocycles. The lowest BCUT2D eigenvalue weighted by Crippen LogP contribution is -2.20. The highest BCUT2D eigenvalue weighted by Gasteiger charge is 2.05. The molecule has 1 rings (SSSR count). The molecule has 1 aromatic rings. The summed E-state index contributed by atoms with van der Waals surface area (Å²) in [4.78, 5) is 12.0. The van der Waals surface area contributed by atoms with Crippen LogP contribution in [0.15, 0.2) is 24.3 Å². The number of amides is 1. The summed E-state index contributed by atoms with van der Waals surface area (Å²) < 4.78 is 5.39. The molecule has 1 amide bonds. The molecule has 1 aromatic carbocycles. The van der Waals surface area contributed by atoms with Crippen LogP contribution in [0.25, 0.3) is 0 Å². The van der Waals surface area contributed by atoms with Crippen LogP contribution >= 0.6 is 12.2 Å². The maximum atomic E-state index is 11.7. The van der Waals surface area contributed by atoms with Crippen LogP contribution in [0.3, 0.4) is 0 Å². The number of carbonyl (C=O) groups is 1. The zero-order valence-corrected chi connectivity index (χ0v) is 12.8. The van der Waals surface area contributed by atoms with E-state index >= 15 is 0 Å². The third kappa shape index (κ3) is 6.12. The van der Waals surface area contributed by atoms with E-state index in [9.17, 15) is 4.79 Å². The number of nitrogens with two attached hydrogens (primary N) is 1.